The molecule has 1 aromatic carbocycles. The maximum absolute atomic E-state index is 12.9. The Morgan fingerprint density at radius 2 is 1.85 bits per heavy atom. The Hall–Kier alpha value is -2.63. The maximum Gasteiger partial charge on any atom is 0.308 e. The lowest BCUT2D eigenvalue weighted by atomic mass is 9.91. The van der Waals surface area contributed by atoms with Crippen molar-refractivity contribution in [1.82, 2.24) is 5.32 Å². The van der Waals surface area contributed by atoms with E-state index in [4.69, 9.17) is 4.84 Å². The molecule has 2 N–H and O–H groups in total. The van der Waals surface area contributed by atoms with Crippen LogP contribution in [0.25, 0.3) is 6.08 Å². The van der Waals surface area contributed by atoms with E-state index in [-0.39, 0.29) is 18.4 Å². The molecular weight excluding hydrogens is 344 g/mol. The van der Waals surface area contributed by atoms with Crippen LogP contribution in [0.2, 0.25) is 0 Å². The van der Waals surface area contributed by atoms with Gasteiger partial charge in [0.15, 0.2) is 0 Å². The predicted octanol–water partition coefficient (Wildman–Crippen LogP) is 3.53. The first-order valence-corrected chi connectivity index (χ1v) is 9.58. The molecule has 1 heterocycles. The van der Waals surface area contributed by atoms with E-state index in [0.717, 1.165) is 31.2 Å². The molecule has 2 aliphatic rings. The Morgan fingerprint density at radius 1 is 1.15 bits per heavy atom. The normalized spacial score (nSPS) is 23.5. The lowest BCUT2D eigenvalue weighted by Gasteiger charge is -2.26. The van der Waals surface area contributed by atoms with Crippen molar-refractivity contribution in [3.8, 4) is 0 Å². The average Bonchev–Trinajstić information content (AvgIpc) is 2.89. The summed E-state index contributed by atoms with van der Waals surface area (Å²) in [4.78, 5) is 29.7. The number of carbonyl (C=O) groups is 2. The zero-order chi connectivity index (χ0) is 19.1. The first kappa shape index (κ1) is 19.1. The maximum atomic E-state index is 12.9. The van der Waals surface area contributed by atoms with Gasteiger partial charge in [-0.1, -0.05) is 67.2 Å². The molecule has 0 radical (unpaired) electrons. The summed E-state index contributed by atoms with van der Waals surface area (Å²) in [7, 11) is 0. The van der Waals surface area contributed by atoms with Gasteiger partial charge in [0, 0.05) is 12.5 Å². The van der Waals surface area contributed by atoms with Crippen molar-refractivity contribution < 1.29 is 19.5 Å². The Morgan fingerprint density at radius 3 is 2.52 bits per heavy atom. The number of amides is 1. The zero-order valence-electron chi connectivity index (χ0n) is 15.4. The van der Waals surface area contributed by atoms with E-state index >= 15 is 0 Å². The minimum absolute atomic E-state index is 0.0816. The highest BCUT2D eigenvalue weighted by atomic mass is 16.7. The molecule has 1 saturated carbocycles. The van der Waals surface area contributed by atoms with Crippen LogP contribution < -0.4 is 5.32 Å². The fraction of sp³-hybridized carbons (Fsp3) is 0.476. The number of benzene rings is 1. The van der Waals surface area contributed by atoms with Gasteiger partial charge in [0.1, 0.15) is 0 Å². The van der Waals surface area contributed by atoms with Gasteiger partial charge in [-0.3, -0.25) is 9.59 Å². The Bertz CT molecular complexity index is 721. The van der Waals surface area contributed by atoms with Gasteiger partial charge in [-0.25, -0.2) is 0 Å². The molecule has 1 atom stereocenters. The van der Waals surface area contributed by atoms with Crippen molar-refractivity contribution in [1.29, 1.82) is 0 Å². The molecule has 1 aliphatic carbocycles. The van der Waals surface area contributed by atoms with E-state index < -0.39 is 18.0 Å². The number of carbonyl (C=O) groups excluding carboxylic acids is 1. The summed E-state index contributed by atoms with van der Waals surface area (Å²) in [6.45, 7) is 0. The molecule has 0 saturated heterocycles. The van der Waals surface area contributed by atoms with Gasteiger partial charge < -0.3 is 15.3 Å². The number of hydrogen-bond acceptors (Lipinski definition) is 4. The first-order valence-electron chi connectivity index (χ1n) is 9.58. The zero-order valence-corrected chi connectivity index (χ0v) is 15.4. The molecule has 6 nitrogen and oxygen atoms in total. The molecule has 144 valence electrons. The number of allylic oxidation sites excluding steroid dienone is 1. The summed E-state index contributed by atoms with van der Waals surface area (Å²) in [6.07, 6.45) is 9.78. The van der Waals surface area contributed by atoms with E-state index in [9.17, 15) is 14.7 Å². The highest BCUT2D eigenvalue weighted by Gasteiger charge is 2.48. The molecule has 1 fully saturated rings. The molecule has 0 bridgehead atoms. The molecule has 3 rings (SSSR count). The van der Waals surface area contributed by atoms with Crippen molar-refractivity contribution in [2.75, 3.05) is 0 Å². The van der Waals surface area contributed by atoms with Crippen LogP contribution in [0.15, 0.2) is 41.6 Å². The van der Waals surface area contributed by atoms with Gasteiger partial charge in [-0.05, 0) is 24.5 Å². The molecule has 0 aromatic heterocycles. The van der Waals surface area contributed by atoms with Gasteiger partial charge in [0.05, 0.1) is 12.1 Å². The van der Waals surface area contributed by atoms with Crippen molar-refractivity contribution >= 4 is 23.7 Å². The number of hydrogen-bond donors (Lipinski definition) is 2. The van der Waals surface area contributed by atoms with E-state index in [0.29, 0.717) is 5.71 Å². The number of nitrogens with one attached hydrogen (secondary N) is 1. The van der Waals surface area contributed by atoms with E-state index in [2.05, 4.69) is 10.5 Å². The standard InChI is InChI=1S/C21H26N2O4/c24-19(25)15-21(20(26)22-17-10-6-1-2-7-11-17)14-18(23-27-21)13-12-16-8-4-3-5-9-16/h3-5,8-9,12-13,17H,1-2,6-7,10-11,14-15H2,(H,22,26)(H,24,25). The fourth-order valence-electron chi connectivity index (χ4n) is 3.63. The monoisotopic (exact) mass is 370 g/mol. The number of carboxylic acids is 1. The minimum Gasteiger partial charge on any atom is -0.481 e. The third-order valence-corrected chi connectivity index (χ3v) is 5.11. The second-order valence-electron chi connectivity index (χ2n) is 7.32. The molecule has 0 spiro atoms. The fourth-order valence-corrected chi connectivity index (χ4v) is 3.63. The topological polar surface area (TPSA) is 88.0 Å². The summed E-state index contributed by atoms with van der Waals surface area (Å²) in [5.41, 5.74) is 0.101. The molecular formula is C21H26N2O4. The molecule has 27 heavy (non-hydrogen) atoms. The summed E-state index contributed by atoms with van der Waals surface area (Å²) < 4.78 is 0. The van der Waals surface area contributed by atoms with Crippen LogP contribution in [-0.4, -0.2) is 34.3 Å². The van der Waals surface area contributed by atoms with Gasteiger partial charge >= 0.3 is 5.97 Å². The van der Waals surface area contributed by atoms with Crippen molar-refractivity contribution in [2.24, 2.45) is 5.16 Å². The average molecular weight is 370 g/mol. The first-order chi connectivity index (χ1) is 13.1. The lowest BCUT2D eigenvalue weighted by molar-refractivity contribution is -0.156. The van der Waals surface area contributed by atoms with Gasteiger partial charge in [-0.2, -0.15) is 0 Å². The van der Waals surface area contributed by atoms with Crippen LogP contribution in [0, 0.1) is 0 Å². The molecule has 6 heteroatoms. The molecule has 1 aromatic rings. The molecule has 1 amide bonds. The smallest absolute Gasteiger partial charge is 0.308 e. The van der Waals surface area contributed by atoms with Crippen molar-refractivity contribution in [3.05, 3.63) is 42.0 Å². The van der Waals surface area contributed by atoms with Crippen LogP contribution in [0.1, 0.15) is 56.9 Å². The third kappa shape index (κ3) is 5.18. The second-order valence-corrected chi connectivity index (χ2v) is 7.32. The largest absolute Gasteiger partial charge is 0.481 e. The third-order valence-electron chi connectivity index (χ3n) is 5.11. The Kier molecular flexibility index (Phi) is 6.27. The van der Waals surface area contributed by atoms with Crippen LogP contribution >= 0.6 is 0 Å². The lowest BCUT2D eigenvalue weighted by Crippen LogP contribution is -2.51. The highest BCUT2D eigenvalue weighted by Crippen LogP contribution is 2.30. The van der Waals surface area contributed by atoms with Gasteiger partial charge in [0.2, 0.25) is 5.60 Å². The molecule has 1 aliphatic heterocycles. The van der Waals surface area contributed by atoms with Crippen LogP contribution in [0.5, 0.6) is 0 Å². The quantitative estimate of drug-likeness (QED) is 0.750. The van der Waals surface area contributed by atoms with Crippen molar-refractivity contribution in [2.45, 2.75) is 63.0 Å². The number of aliphatic carboxylic acids is 1. The molecule has 1 unspecified atom stereocenters. The Labute approximate surface area is 159 Å². The number of oxime groups is 1. The second kappa shape index (κ2) is 8.84. The van der Waals surface area contributed by atoms with Crippen LogP contribution in [0.4, 0.5) is 0 Å². The van der Waals surface area contributed by atoms with Crippen LogP contribution in [0.3, 0.4) is 0 Å². The van der Waals surface area contributed by atoms with Gasteiger partial charge in [-0.15, -0.1) is 0 Å². The van der Waals surface area contributed by atoms with Crippen LogP contribution in [-0.2, 0) is 14.4 Å². The predicted molar refractivity (Wildman–Crippen MR) is 103 cm³/mol. The van der Waals surface area contributed by atoms with E-state index in [1.54, 1.807) is 6.08 Å². The van der Waals surface area contributed by atoms with Gasteiger partial charge in [0.25, 0.3) is 5.91 Å². The number of rotatable bonds is 6. The summed E-state index contributed by atoms with van der Waals surface area (Å²) in [6, 6.07) is 9.79. The minimum atomic E-state index is -1.46. The number of nitrogens with zero attached hydrogens (tertiary/aromatic N) is 1. The number of carboxylic acid groups (broad SMARTS) is 1. The summed E-state index contributed by atoms with van der Waals surface area (Å²) in [5.74, 6) is -1.45. The van der Waals surface area contributed by atoms with E-state index in [1.165, 1.54) is 12.8 Å². The summed E-state index contributed by atoms with van der Waals surface area (Å²) in [5, 5.41) is 16.3. The SMILES string of the molecule is O=C(O)CC1(C(=O)NC2CCCCCC2)CC(C=Cc2ccccc2)=NO1. The van der Waals surface area contributed by atoms with E-state index in [1.807, 2.05) is 36.4 Å². The Balaban J connectivity index is 1.67. The highest BCUT2D eigenvalue weighted by molar-refractivity contribution is 6.04. The summed E-state index contributed by atoms with van der Waals surface area (Å²) >= 11 is 0. The van der Waals surface area contributed by atoms with Crippen molar-refractivity contribution in [3.63, 3.8) is 0 Å².